The van der Waals surface area contributed by atoms with Gasteiger partial charge in [0.15, 0.2) is 0 Å². The molecule has 3 nitrogen and oxygen atoms in total. The minimum atomic E-state index is 0. The van der Waals surface area contributed by atoms with Crippen molar-refractivity contribution in [1.82, 2.24) is 0 Å². The maximum Gasteiger partial charge on any atom is 3.00 e. The third-order valence-electron chi connectivity index (χ3n) is 0. The summed E-state index contributed by atoms with van der Waals surface area (Å²) in [6.45, 7) is 0. The van der Waals surface area contributed by atoms with Crippen molar-refractivity contribution in [3.8, 4) is 0 Å². The van der Waals surface area contributed by atoms with E-state index in [1.54, 1.807) is 0 Å². The fourth-order valence-corrected chi connectivity index (χ4v) is 0. The topological polar surface area (TPSA) is 85.5 Å². The van der Waals surface area contributed by atoms with Crippen LogP contribution in [0.5, 0.6) is 0 Å². The second kappa shape index (κ2) is 36.2. The summed E-state index contributed by atoms with van der Waals surface area (Å²) in [6, 6.07) is 0. The Labute approximate surface area is 81.2 Å². The van der Waals surface area contributed by atoms with E-state index in [1.807, 2.05) is 0 Å². The van der Waals surface area contributed by atoms with Crippen molar-refractivity contribution in [2.24, 2.45) is 0 Å². The Morgan fingerprint density at radius 1 is 0.600 bits per heavy atom. The second-order valence-corrected chi connectivity index (χ2v) is 0. The fourth-order valence-electron chi connectivity index (χ4n) is 0. The van der Waals surface area contributed by atoms with Crippen LogP contribution in [0.15, 0.2) is 0 Å². The molecule has 3 radical (unpaired) electrons. The van der Waals surface area contributed by atoms with Gasteiger partial charge in [0.1, 0.15) is 0 Å². The van der Waals surface area contributed by atoms with Gasteiger partial charge in [0.25, 0.3) is 0 Å². The summed E-state index contributed by atoms with van der Waals surface area (Å²) in [5.74, 6) is 0. The molecule has 0 spiro atoms. The summed E-state index contributed by atoms with van der Waals surface area (Å²) in [7, 11) is 0. The van der Waals surface area contributed by atoms with Crippen molar-refractivity contribution in [3.05, 3.63) is 0 Å². The maximum atomic E-state index is 0. The Morgan fingerprint density at radius 3 is 0.600 bits per heavy atom. The molecular weight excluding hydrogens is 414 g/mol. The van der Waals surface area contributed by atoms with Gasteiger partial charge in [-0.2, -0.15) is 0 Å². The molecule has 0 amide bonds. The van der Waals surface area contributed by atoms with Crippen molar-refractivity contribution >= 4 is 26.2 Å². The molecule has 0 fully saturated rings. The van der Waals surface area contributed by atoms with E-state index in [-0.39, 0.29) is 82.6 Å². The quantitative estimate of drug-likeness (QED) is 0.468. The van der Waals surface area contributed by atoms with Gasteiger partial charge < -0.3 is 16.4 Å². The van der Waals surface area contributed by atoms with E-state index >= 15 is 0 Å². The van der Waals surface area contributed by atoms with Gasteiger partial charge in [0.05, 0.1) is 0 Å². The average Bonchev–Trinajstić information content (AvgIpc) is 0. The van der Waals surface area contributed by atoms with Gasteiger partial charge in [-0.15, -0.1) is 0 Å². The standard InChI is InChI=1S/Bi.Gd.3O/q2*+3;3*-2. The maximum absolute atomic E-state index is 0. The Balaban J connectivity index is 0. The van der Waals surface area contributed by atoms with Gasteiger partial charge in [0, 0.05) is 0 Å². The van der Waals surface area contributed by atoms with Crippen LogP contribution in [-0.4, -0.2) is 26.2 Å². The molecule has 0 rings (SSSR count). The molecule has 5 heteroatoms. The summed E-state index contributed by atoms with van der Waals surface area (Å²) >= 11 is 0. The third-order valence-corrected chi connectivity index (χ3v) is 0. The predicted molar refractivity (Wildman–Crippen MR) is 7.81 cm³/mol. The monoisotopic (exact) mass is 415 g/mol. The Morgan fingerprint density at radius 2 is 0.600 bits per heavy atom. The zero-order chi connectivity index (χ0) is 0. The molecule has 0 saturated heterocycles. The molecule has 0 atom stereocenters. The van der Waals surface area contributed by atoms with E-state index < -0.39 is 0 Å². The van der Waals surface area contributed by atoms with Crippen LogP contribution in [0.4, 0.5) is 0 Å². The summed E-state index contributed by atoms with van der Waals surface area (Å²) in [6.07, 6.45) is 0. The molecule has 0 heterocycles. The number of hydrogen-bond acceptors (Lipinski definition) is 0. The Bertz CT molecular complexity index is 6.85. The summed E-state index contributed by atoms with van der Waals surface area (Å²) in [5.41, 5.74) is 0. The Hall–Kier alpha value is 2.09. The average molecular weight is 414 g/mol. The van der Waals surface area contributed by atoms with E-state index in [4.69, 9.17) is 0 Å². The molecule has 0 saturated carbocycles. The predicted octanol–water partition coefficient (Wildman–Crippen LogP) is -0.737. The zero-order valence-electron chi connectivity index (χ0n) is 2.03. The Kier molecular flexibility index (Phi) is 436. The molecular formula is BiGdO3. The van der Waals surface area contributed by atoms with Crippen LogP contribution < -0.4 is 0 Å². The van der Waals surface area contributed by atoms with Gasteiger partial charge in [-0.05, 0) is 0 Å². The van der Waals surface area contributed by atoms with E-state index in [0.717, 1.165) is 0 Å². The normalized spacial score (nSPS) is 0. The van der Waals surface area contributed by atoms with E-state index in [9.17, 15) is 0 Å². The molecule has 0 aliphatic heterocycles. The van der Waals surface area contributed by atoms with Gasteiger partial charge in [-0.3, -0.25) is 0 Å². The van der Waals surface area contributed by atoms with Crippen LogP contribution in [0.1, 0.15) is 0 Å². The van der Waals surface area contributed by atoms with Crippen molar-refractivity contribution < 1.29 is 56.4 Å². The molecule has 5 heavy (non-hydrogen) atoms. The van der Waals surface area contributed by atoms with Crippen LogP contribution in [0.3, 0.4) is 0 Å². The first-order valence-corrected chi connectivity index (χ1v) is 0. The number of hydrogen-bond donors (Lipinski definition) is 0. The fraction of sp³-hybridized carbons (Fsp3) is 0. The largest absolute Gasteiger partial charge is 3.00 e. The molecule has 0 unspecified atom stereocenters. The van der Waals surface area contributed by atoms with Gasteiger partial charge in [0.2, 0.25) is 0 Å². The number of rotatable bonds is 0. The molecule has 0 aliphatic rings. The van der Waals surface area contributed by atoms with Crippen molar-refractivity contribution in [2.45, 2.75) is 0 Å². The van der Waals surface area contributed by atoms with E-state index in [2.05, 4.69) is 0 Å². The third kappa shape index (κ3) is 23.3. The van der Waals surface area contributed by atoms with Crippen molar-refractivity contribution in [3.63, 3.8) is 0 Å². The van der Waals surface area contributed by atoms with Gasteiger partial charge in [-0.25, -0.2) is 0 Å². The van der Waals surface area contributed by atoms with Crippen LogP contribution in [0.25, 0.3) is 0 Å². The molecule has 0 aliphatic carbocycles. The van der Waals surface area contributed by atoms with Crippen molar-refractivity contribution in [1.29, 1.82) is 0 Å². The minimum absolute atomic E-state index is 0. The second-order valence-electron chi connectivity index (χ2n) is 0. The molecule has 0 N–H and O–H groups in total. The van der Waals surface area contributed by atoms with Crippen LogP contribution >= 0.6 is 0 Å². The molecule has 0 aromatic heterocycles. The summed E-state index contributed by atoms with van der Waals surface area (Å²) < 4.78 is 0. The molecule has 0 aromatic rings. The van der Waals surface area contributed by atoms with Crippen LogP contribution in [0.2, 0.25) is 0 Å². The molecule has 0 aromatic carbocycles. The van der Waals surface area contributed by atoms with Gasteiger partial charge in [-0.1, -0.05) is 0 Å². The summed E-state index contributed by atoms with van der Waals surface area (Å²) in [5, 5.41) is 0. The van der Waals surface area contributed by atoms with Crippen LogP contribution in [-0.2, 0) is 16.4 Å². The van der Waals surface area contributed by atoms with E-state index in [0.29, 0.717) is 0 Å². The van der Waals surface area contributed by atoms with Crippen LogP contribution in [0, 0.1) is 39.9 Å². The van der Waals surface area contributed by atoms with Gasteiger partial charge >= 0.3 is 66.1 Å². The van der Waals surface area contributed by atoms with E-state index in [1.165, 1.54) is 0 Å². The first-order chi connectivity index (χ1) is 0. The zero-order valence-corrected chi connectivity index (χ0v) is 7.77. The first kappa shape index (κ1) is 60.3. The SMILES string of the molecule is [Bi+3].[Gd+3].[O-2].[O-2].[O-2]. The first-order valence-electron chi connectivity index (χ1n) is 0. The molecule has 31 valence electrons. The minimum Gasteiger partial charge on any atom is -2.00 e. The smallest absolute Gasteiger partial charge is 2.00 e. The molecule has 0 bridgehead atoms. The summed E-state index contributed by atoms with van der Waals surface area (Å²) in [4.78, 5) is 0. The van der Waals surface area contributed by atoms with Crippen molar-refractivity contribution in [2.75, 3.05) is 0 Å².